The average molecular weight is 353 g/mol. The molecule has 1 aromatic carbocycles. The molecule has 0 aliphatic rings. The fourth-order valence-electron chi connectivity index (χ4n) is 2.37. The number of carboxylic acid groups (broad SMARTS) is 1. The SMILES string of the molecule is CC(CC(NP(=O)(O)Cc1ccccc1)C(=O)O)c1ccsc1. The molecule has 5 nitrogen and oxygen atoms in total. The van der Waals surface area contributed by atoms with E-state index < -0.39 is 19.5 Å². The van der Waals surface area contributed by atoms with Crippen LogP contribution in [0.1, 0.15) is 30.4 Å². The van der Waals surface area contributed by atoms with Gasteiger partial charge in [-0.15, -0.1) is 0 Å². The number of benzene rings is 1. The lowest BCUT2D eigenvalue weighted by Gasteiger charge is -2.22. The molecule has 0 aliphatic heterocycles. The normalized spacial score (nSPS) is 16.4. The third kappa shape index (κ3) is 5.59. The minimum absolute atomic E-state index is 0.00780. The maximum atomic E-state index is 12.3. The Morgan fingerprint density at radius 3 is 2.57 bits per heavy atom. The highest BCUT2D eigenvalue weighted by Crippen LogP contribution is 2.41. The van der Waals surface area contributed by atoms with Crippen LogP contribution in [0.3, 0.4) is 0 Å². The quantitative estimate of drug-likeness (QED) is 0.631. The Morgan fingerprint density at radius 2 is 2.00 bits per heavy atom. The largest absolute Gasteiger partial charge is 0.480 e. The van der Waals surface area contributed by atoms with E-state index in [2.05, 4.69) is 5.09 Å². The molecule has 3 atom stereocenters. The zero-order valence-corrected chi connectivity index (χ0v) is 14.5. The van der Waals surface area contributed by atoms with Crippen molar-refractivity contribution in [1.82, 2.24) is 5.09 Å². The second-order valence-corrected chi connectivity index (χ2v) is 8.32. The number of aliphatic carboxylic acids is 1. The maximum Gasteiger partial charge on any atom is 0.321 e. The third-order valence-corrected chi connectivity index (χ3v) is 5.81. The van der Waals surface area contributed by atoms with Crippen LogP contribution < -0.4 is 5.09 Å². The number of hydrogen-bond donors (Lipinski definition) is 3. The minimum atomic E-state index is -3.79. The van der Waals surface area contributed by atoms with Crippen molar-refractivity contribution in [2.75, 3.05) is 0 Å². The topological polar surface area (TPSA) is 86.6 Å². The molecule has 0 amide bonds. The molecule has 23 heavy (non-hydrogen) atoms. The number of carboxylic acids is 1. The molecule has 3 N–H and O–H groups in total. The van der Waals surface area contributed by atoms with Gasteiger partial charge in [-0.05, 0) is 40.3 Å². The van der Waals surface area contributed by atoms with E-state index in [1.54, 1.807) is 35.6 Å². The van der Waals surface area contributed by atoms with Crippen LogP contribution >= 0.6 is 18.9 Å². The van der Waals surface area contributed by atoms with E-state index in [1.807, 2.05) is 29.8 Å². The summed E-state index contributed by atoms with van der Waals surface area (Å²) in [5.74, 6) is -1.12. The van der Waals surface area contributed by atoms with Gasteiger partial charge in [0.25, 0.3) is 7.52 Å². The summed E-state index contributed by atoms with van der Waals surface area (Å²) in [4.78, 5) is 21.6. The number of nitrogens with one attached hydrogen (secondary N) is 1. The minimum Gasteiger partial charge on any atom is -0.480 e. The van der Waals surface area contributed by atoms with Gasteiger partial charge >= 0.3 is 5.97 Å². The molecule has 0 fully saturated rings. The number of rotatable bonds is 8. The van der Waals surface area contributed by atoms with Crippen molar-refractivity contribution in [3.05, 3.63) is 58.3 Å². The molecule has 2 rings (SSSR count). The number of hydrogen-bond acceptors (Lipinski definition) is 3. The fraction of sp³-hybridized carbons (Fsp3) is 0.312. The van der Waals surface area contributed by atoms with Crippen molar-refractivity contribution in [3.8, 4) is 0 Å². The lowest BCUT2D eigenvalue weighted by molar-refractivity contribution is -0.139. The van der Waals surface area contributed by atoms with Crippen LogP contribution in [-0.2, 0) is 15.5 Å². The summed E-state index contributed by atoms with van der Waals surface area (Å²) in [5.41, 5.74) is 1.74. The van der Waals surface area contributed by atoms with Crippen molar-refractivity contribution in [2.45, 2.75) is 31.5 Å². The van der Waals surface area contributed by atoms with Crippen LogP contribution in [0.15, 0.2) is 47.2 Å². The Bertz CT molecular complexity index is 675. The zero-order valence-electron chi connectivity index (χ0n) is 12.8. The molecule has 0 bridgehead atoms. The first-order valence-corrected chi connectivity index (χ1v) is 10.0. The van der Waals surface area contributed by atoms with Crippen LogP contribution in [0.25, 0.3) is 0 Å². The predicted molar refractivity (Wildman–Crippen MR) is 91.9 cm³/mol. The molecule has 0 radical (unpaired) electrons. The van der Waals surface area contributed by atoms with E-state index >= 15 is 0 Å². The van der Waals surface area contributed by atoms with Gasteiger partial charge in [0, 0.05) is 0 Å². The van der Waals surface area contributed by atoms with Crippen molar-refractivity contribution in [1.29, 1.82) is 0 Å². The first kappa shape index (κ1) is 17.9. The van der Waals surface area contributed by atoms with Gasteiger partial charge in [-0.3, -0.25) is 9.36 Å². The molecule has 3 unspecified atom stereocenters. The molecule has 0 aliphatic carbocycles. The molecule has 1 aromatic heterocycles. The smallest absolute Gasteiger partial charge is 0.321 e. The first-order valence-electron chi connectivity index (χ1n) is 7.26. The molecule has 2 aromatic rings. The van der Waals surface area contributed by atoms with Gasteiger partial charge in [-0.25, -0.2) is 5.09 Å². The van der Waals surface area contributed by atoms with Gasteiger partial charge in [0.15, 0.2) is 0 Å². The van der Waals surface area contributed by atoms with Crippen LogP contribution in [0.4, 0.5) is 0 Å². The molecular formula is C16H20NO4PS. The summed E-state index contributed by atoms with van der Waals surface area (Å²) >= 11 is 1.55. The summed E-state index contributed by atoms with van der Waals surface area (Å²) in [7, 11) is -3.79. The molecule has 0 saturated heterocycles. The predicted octanol–water partition coefficient (Wildman–Crippen LogP) is 3.67. The second-order valence-electron chi connectivity index (χ2n) is 5.56. The molecular weight excluding hydrogens is 333 g/mol. The van der Waals surface area contributed by atoms with Crippen molar-refractivity contribution in [3.63, 3.8) is 0 Å². The summed E-state index contributed by atoms with van der Waals surface area (Å²) in [6.07, 6.45) is 0.163. The Hall–Kier alpha value is -1.46. The second kappa shape index (κ2) is 7.88. The van der Waals surface area contributed by atoms with E-state index in [-0.39, 0.29) is 18.5 Å². The third-order valence-electron chi connectivity index (χ3n) is 3.60. The highest BCUT2D eigenvalue weighted by Gasteiger charge is 2.29. The van der Waals surface area contributed by atoms with Gasteiger partial charge in [0.1, 0.15) is 6.04 Å². The number of carbonyl (C=O) groups is 1. The monoisotopic (exact) mass is 353 g/mol. The van der Waals surface area contributed by atoms with E-state index in [0.29, 0.717) is 5.56 Å². The highest BCUT2D eigenvalue weighted by atomic mass is 32.1. The Labute approximate surface area is 139 Å². The fourth-order valence-corrected chi connectivity index (χ4v) is 4.66. The van der Waals surface area contributed by atoms with Crippen LogP contribution in [-0.4, -0.2) is 22.0 Å². The van der Waals surface area contributed by atoms with Gasteiger partial charge in [-0.2, -0.15) is 11.3 Å². The van der Waals surface area contributed by atoms with Crippen molar-refractivity contribution in [2.24, 2.45) is 0 Å². The summed E-state index contributed by atoms with van der Waals surface area (Å²) < 4.78 is 12.3. The van der Waals surface area contributed by atoms with Crippen LogP contribution in [0, 0.1) is 0 Å². The van der Waals surface area contributed by atoms with Crippen molar-refractivity contribution < 1.29 is 19.4 Å². The summed E-state index contributed by atoms with van der Waals surface area (Å²) in [5, 5.41) is 15.7. The Morgan fingerprint density at radius 1 is 1.30 bits per heavy atom. The molecule has 124 valence electrons. The van der Waals surface area contributed by atoms with Gasteiger partial charge < -0.3 is 10.00 Å². The van der Waals surface area contributed by atoms with Gasteiger partial charge in [0.05, 0.1) is 6.16 Å². The van der Waals surface area contributed by atoms with Crippen molar-refractivity contribution >= 4 is 24.8 Å². The Kier molecular flexibility index (Phi) is 6.13. The summed E-state index contributed by atoms with van der Waals surface area (Å²) in [6.45, 7) is 1.92. The molecule has 0 spiro atoms. The van der Waals surface area contributed by atoms with E-state index in [0.717, 1.165) is 5.56 Å². The molecule has 0 saturated carbocycles. The lowest BCUT2D eigenvalue weighted by Crippen LogP contribution is -2.36. The maximum absolute atomic E-state index is 12.3. The molecule has 1 heterocycles. The van der Waals surface area contributed by atoms with Crippen LogP contribution in [0.5, 0.6) is 0 Å². The van der Waals surface area contributed by atoms with E-state index in [4.69, 9.17) is 0 Å². The zero-order chi connectivity index (χ0) is 16.9. The average Bonchev–Trinajstić information content (AvgIpc) is 3.01. The number of thiophene rings is 1. The first-order chi connectivity index (χ1) is 10.9. The van der Waals surface area contributed by atoms with E-state index in [1.165, 1.54) is 0 Å². The van der Waals surface area contributed by atoms with E-state index in [9.17, 15) is 19.4 Å². The summed E-state index contributed by atoms with van der Waals surface area (Å²) in [6, 6.07) is 9.75. The highest BCUT2D eigenvalue weighted by molar-refractivity contribution is 7.55. The van der Waals surface area contributed by atoms with Gasteiger partial charge in [-0.1, -0.05) is 37.3 Å². The Balaban J connectivity index is 2.03. The molecule has 7 heteroatoms. The standard InChI is InChI=1S/C16H20NO4PS/c1-12(14-7-8-23-11-14)9-15(16(18)19)17-22(20,21)10-13-5-3-2-4-6-13/h2-8,11-12,15H,9-10H2,1H3,(H,18,19)(H2,17,20,21). The lowest BCUT2D eigenvalue weighted by atomic mass is 9.97. The van der Waals surface area contributed by atoms with Crippen LogP contribution in [0.2, 0.25) is 0 Å². The van der Waals surface area contributed by atoms with Gasteiger partial charge in [0.2, 0.25) is 0 Å².